The molecule has 0 saturated carbocycles. The summed E-state index contributed by atoms with van der Waals surface area (Å²) in [5.41, 5.74) is 13.0. The summed E-state index contributed by atoms with van der Waals surface area (Å²) in [5.74, 6) is 0. The largest absolute Gasteiger partial charge is 0.375 e. The fourth-order valence-electron chi connectivity index (χ4n) is 1.51. The van der Waals surface area contributed by atoms with Crippen LogP contribution in [-0.4, -0.2) is 10.1 Å². The second-order valence-electron chi connectivity index (χ2n) is 3.38. The lowest BCUT2D eigenvalue weighted by atomic mass is 10.2. The van der Waals surface area contributed by atoms with Gasteiger partial charge in [-0.3, -0.25) is 5.73 Å². The highest BCUT2D eigenvalue weighted by Gasteiger charge is 2.29. The highest BCUT2D eigenvalue weighted by Crippen LogP contribution is 2.28. The summed E-state index contributed by atoms with van der Waals surface area (Å²) in [6, 6.07) is 0. The van der Waals surface area contributed by atoms with Crippen LogP contribution in [0.2, 0.25) is 0 Å². The Hall–Kier alpha value is -2.20. The van der Waals surface area contributed by atoms with E-state index in [1.807, 2.05) is 0 Å². The standard InChI is InChI=1S/C8H7N6O2S2/c9-7-11-3(1-17-7)5-6(14(15)16-13-5)4-2-18-8(10)12-4/h1-2,13H,(H2,9,11)(H2,10,12)/q+1/p+1. The number of aromatic nitrogens is 4. The first-order valence-electron chi connectivity index (χ1n) is 4.77. The lowest BCUT2D eigenvalue weighted by Gasteiger charge is -1.84. The summed E-state index contributed by atoms with van der Waals surface area (Å²) in [6.07, 6.45) is 0. The molecule has 3 heterocycles. The molecule has 0 fully saturated rings. The van der Waals surface area contributed by atoms with Gasteiger partial charge in [-0.15, -0.1) is 11.3 Å². The molecule has 0 aliphatic carbocycles. The van der Waals surface area contributed by atoms with Crippen LogP contribution in [0.4, 0.5) is 10.3 Å². The maximum atomic E-state index is 11.6. The van der Waals surface area contributed by atoms with Gasteiger partial charge in [-0.2, -0.15) is 0 Å². The molecule has 0 aliphatic rings. The molecule has 0 amide bonds. The van der Waals surface area contributed by atoms with Crippen LogP contribution in [0.3, 0.4) is 0 Å². The van der Waals surface area contributed by atoms with E-state index in [2.05, 4.69) is 15.1 Å². The number of nitrogen functional groups attached to an aromatic ring is 2. The van der Waals surface area contributed by atoms with Gasteiger partial charge in [0.25, 0.3) is 5.69 Å². The second kappa shape index (κ2) is 3.92. The van der Waals surface area contributed by atoms with Crippen LogP contribution in [0, 0.1) is 4.91 Å². The van der Waals surface area contributed by atoms with Gasteiger partial charge in [-0.1, -0.05) is 21.1 Å². The van der Waals surface area contributed by atoms with Gasteiger partial charge < -0.3 is 5.73 Å². The minimum absolute atomic E-state index is 0.261. The molecule has 0 atom stereocenters. The van der Waals surface area contributed by atoms with E-state index >= 15 is 0 Å². The zero-order valence-corrected chi connectivity index (χ0v) is 10.5. The number of H-pyrrole nitrogens is 2. The van der Waals surface area contributed by atoms with Crippen molar-refractivity contribution in [1.82, 2.24) is 10.1 Å². The number of rotatable bonds is 2. The molecule has 6 N–H and O–H groups in total. The van der Waals surface area contributed by atoms with Gasteiger partial charge in [0.15, 0.2) is 15.4 Å². The number of hydrogen-bond donors (Lipinski definition) is 3. The van der Waals surface area contributed by atoms with Crippen LogP contribution >= 0.6 is 22.7 Å². The molecule has 10 heteroatoms. The first-order chi connectivity index (χ1) is 8.65. The van der Waals surface area contributed by atoms with Crippen LogP contribution in [0.1, 0.15) is 0 Å². The Morgan fingerprint density at radius 2 is 2.22 bits per heavy atom. The zero-order chi connectivity index (χ0) is 12.7. The molecule has 0 spiro atoms. The average Bonchev–Trinajstić information content (AvgIpc) is 2.99. The summed E-state index contributed by atoms with van der Waals surface area (Å²) < 4.78 is 5.08. The lowest BCUT2D eigenvalue weighted by Crippen LogP contribution is -2.14. The first-order valence-corrected chi connectivity index (χ1v) is 6.53. The molecule has 92 valence electrons. The number of hydrogen-bond acceptors (Lipinski definition) is 7. The van der Waals surface area contributed by atoms with Crippen molar-refractivity contribution in [3.05, 3.63) is 15.7 Å². The number of nitrogens with zero attached hydrogens (tertiary/aromatic N) is 2. The number of nitrogens with one attached hydrogen (secondary N) is 2. The molecule has 0 aliphatic heterocycles. The number of thiazole rings is 2. The van der Waals surface area contributed by atoms with Crippen molar-refractivity contribution < 1.29 is 14.2 Å². The van der Waals surface area contributed by atoms with Gasteiger partial charge in [0, 0.05) is 5.38 Å². The number of aromatic amines is 2. The molecule has 3 rings (SSSR count). The highest BCUT2D eigenvalue weighted by molar-refractivity contribution is 7.14. The van der Waals surface area contributed by atoms with E-state index in [9.17, 15) is 4.91 Å². The monoisotopic (exact) mass is 284 g/mol. The van der Waals surface area contributed by atoms with E-state index in [1.54, 1.807) is 10.8 Å². The topological polar surface area (TPSA) is 131 Å². The molecule has 18 heavy (non-hydrogen) atoms. The van der Waals surface area contributed by atoms with Gasteiger partial charge >= 0.3 is 10.8 Å². The van der Waals surface area contributed by atoms with Crippen molar-refractivity contribution in [2.45, 2.75) is 0 Å². The highest BCUT2D eigenvalue weighted by atomic mass is 32.1. The van der Waals surface area contributed by atoms with Crippen LogP contribution < -0.4 is 21.1 Å². The average molecular weight is 284 g/mol. The fraction of sp³-hybridized carbons (Fsp3) is 0. The van der Waals surface area contributed by atoms with Gasteiger partial charge in [0.1, 0.15) is 5.69 Å². The lowest BCUT2D eigenvalue weighted by molar-refractivity contribution is -0.704. The summed E-state index contributed by atoms with van der Waals surface area (Å²) in [5, 5.41) is 6.90. The molecular formula is C8H8N6O2S2+2. The van der Waals surface area contributed by atoms with Crippen molar-refractivity contribution in [3.63, 3.8) is 0 Å². The Morgan fingerprint density at radius 1 is 1.39 bits per heavy atom. The Labute approximate surface area is 107 Å². The van der Waals surface area contributed by atoms with Crippen molar-refractivity contribution >= 4 is 32.9 Å². The minimum Gasteiger partial charge on any atom is -0.375 e. The molecule has 0 aromatic carbocycles. The zero-order valence-electron chi connectivity index (χ0n) is 8.84. The third-order valence-electron chi connectivity index (χ3n) is 2.25. The maximum Gasteiger partial charge on any atom is 0.330 e. The second-order valence-corrected chi connectivity index (χ2v) is 5.18. The molecule has 0 unspecified atom stereocenters. The summed E-state index contributed by atoms with van der Waals surface area (Å²) in [7, 11) is 0. The molecule has 0 bridgehead atoms. The van der Waals surface area contributed by atoms with Crippen LogP contribution in [0.15, 0.2) is 15.4 Å². The first kappa shape index (κ1) is 10.9. The third kappa shape index (κ3) is 1.67. The van der Waals surface area contributed by atoms with Crippen molar-refractivity contribution in [3.8, 4) is 22.8 Å². The molecular weight excluding hydrogens is 276 g/mol. The predicted molar refractivity (Wildman–Crippen MR) is 66.2 cm³/mol. The number of nitrogens with two attached hydrogens (primary N) is 2. The van der Waals surface area contributed by atoms with Gasteiger partial charge in [-0.25, -0.2) is 9.97 Å². The van der Waals surface area contributed by atoms with E-state index in [4.69, 9.17) is 16.1 Å². The van der Waals surface area contributed by atoms with Crippen LogP contribution in [0.5, 0.6) is 0 Å². The van der Waals surface area contributed by atoms with E-state index < -0.39 is 0 Å². The minimum atomic E-state index is 0.261. The molecule has 3 aromatic rings. The smallest absolute Gasteiger partial charge is 0.330 e. The summed E-state index contributed by atoms with van der Waals surface area (Å²) in [4.78, 5) is 18.6. The van der Waals surface area contributed by atoms with Crippen LogP contribution in [-0.2, 0) is 0 Å². The molecule has 0 saturated heterocycles. The van der Waals surface area contributed by atoms with Crippen LogP contribution in [0.25, 0.3) is 22.8 Å². The van der Waals surface area contributed by atoms with E-state index in [-0.39, 0.29) is 5.69 Å². The number of anilines is 2. The normalized spacial score (nSPS) is 10.9. The van der Waals surface area contributed by atoms with Crippen molar-refractivity contribution in [1.29, 1.82) is 0 Å². The van der Waals surface area contributed by atoms with Gasteiger partial charge in [-0.05, 0) is 4.91 Å². The van der Waals surface area contributed by atoms with E-state index in [1.165, 1.54) is 22.7 Å². The maximum absolute atomic E-state index is 11.6. The fourth-order valence-corrected chi connectivity index (χ4v) is 2.65. The Balaban J connectivity index is 2.21. The molecule has 3 aromatic heterocycles. The van der Waals surface area contributed by atoms with Gasteiger partial charge in [0.2, 0.25) is 0 Å². The SMILES string of the molecule is Nc1nc(-c2c(-c3csc(N)[nH+]3)[nH]o[n+]2=O)cs1. The van der Waals surface area contributed by atoms with Crippen molar-refractivity contribution in [2.24, 2.45) is 0 Å². The van der Waals surface area contributed by atoms with E-state index in [0.29, 0.717) is 31.9 Å². The summed E-state index contributed by atoms with van der Waals surface area (Å²) in [6.45, 7) is 0. The quantitative estimate of drug-likeness (QED) is 0.625. The Kier molecular flexibility index (Phi) is 2.38. The predicted octanol–water partition coefficient (Wildman–Crippen LogP) is 0.353. The molecule has 8 nitrogen and oxygen atoms in total. The summed E-state index contributed by atoms with van der Waals surface area (Å²) >= 11 is 2.57. The van der Waals surface area contributed by atoms with Gasteiger partial charge in [0.05, 0.1) is 5.38 Å². The Morgan fingerprint density at radius 3 is 2.83 bits per heavy atom. The Bertz CT molecular complexity index is 754. The molecule has 0 radical (unpaired) electrons. The third-order valence-corrected chi connectivity index (χ3v) is 3.63. The van der Waals surface area contributed by atoms with Crippen molar-refractivity contribution in [2.75, 3.05) is 11.5 Å². The van der Waals surface area contributed by atoms with E-state index in [0.717, 1.165) is 0 Å².